The van der Waals surface area contributed by atoms with Crippen molar-refractivity contribution in [2.45, 2.75) is 13.8 Å². The first-order chi connectivity index (χ1) is 10.0. The highest BCUT2D eigenvalue weighted by atomic mass is 79.9. The number of nitrogens with two attached hydrogens (primary N) is 1. The molecule has 0 aliphatic carbocycles. The standard InChI is InChI=1S/C16H16BrNO3/c1-3-20-16(19)11-5-7-15(13(18)9-11)21-14-6-4-10(2)8-12(14)17/h4-9H,3,18H2,1-2H3. The van der Waals surface area contributed by atoms with E-state index in [2.05, 4.69) is 15.9 Å². The van der Waals surface area contributed by atoms with Crippen LogP contribution in [0.2, 0.25) is 0 Å². The van der Waals surface area contributed by atoms with Gasteiger partial charge in [0.1, 0.15) is 11.5 Å². The summed E-state index contributed by atoms with van der Waals surface area (Å²) >= 11 is 3.45. The van der Waals surface area contributed by atoms with E-state index in [-0.39, 0.29) is 0 Å². The van der Waals surface area contributed by atoms with Crippen LogP contribution < -0.4 is 10.5 Å². The lowest BCUT2D eigenvalue weighted by atomic mass is 10.2. The number of hydrogen-bond acceptors (Lipinski definition) is 4. The molecule has 0 atom stereocenters. The number of carbonyl (C=O) groups excluding carboxylic acids is 1. The predicted octanol–water partition coefficient (Wildman–Crippen LogP) is 4.31. The Morgan fingerprint density at radius 1 is 1.19 bits per heavy atom. The summed E-state index contributed by atoms with van der Waals surface area (Å²) < 4.78 is 11.5. The molecule has 2 N–H and O–H groups in total. The molecule has 0 bridgehead atoms. The fraction of sp³-hybridized carbons (Fsp3) is 0.188. The monoisotopic (exact) mass is 349 g/mol. The lowest BCUT2D eigenvalue weighted by Crippen LogP contribution is -2.05. The van der Waals surface area contributed by atoms with Crippen molar-refractivity contribution in [1.29, 1.82) is 0 Å². The number of rotatable bonds is 4. The smallest absolute Gasteiger partial charge is 0.338 e. The summed E-state index contributed by atoms with van der Waals surface area (Å²) in [6.45, 7) is 4.08. The Kier molecular flexibility index (Phi) is 4.85. The third-order valence-electron chi connectivity index (χ3n) is 2.83. The molecule has 0 heterocycles. The van der Waals surface area contributed by atoms with Gasteiger partial charge in [-0.1, -0.05) is 6.07 Å². The Labute approximate surface area is 132 Å². The van der Waals surface area contributed by atoms with Gasteiger partial charge in [0, 0.05) is 0 Å². The minimum Gasteiger partial charge on any atom is -0.462 e. The lowest BCUT2D eigenvalue weighted by Gasteiger charge is -2.11. The third-order valence-corrected chi connectivity index (χ3v) is 3.45. The zero-order valence-electron chi connectivity index (χ0n) is 11.9. The van der Waals surface area contributed by atoms with Gasteiger partial charge in [-0.2, -0.15) is 0 Å². The summed E-state index contributed by atoms with van der Waals surface area (Å²) in [5, 5.41) is 0. The van der Waals surface area contributed by atoms with Gasteiger partial charge in [-0.15, -0.1) is 0 Å². The molecule has 21 heavy (non-hydrogen) atoms. The molecule has 0 radical (unpaired) electrons. The second kappa shape index (κ2) is 6.63. The van der Waals surface area contributed by atoms with E-state index in [1.807, 2.05) is 25.1 Å². The Morgan fingerprint density at radius 2 is 1.90 bits per heavy atom. The Hall–Kier alpha value is -2.01. The summed E-state index contributed by atoms with van der Waals surface area (Å²) in [7, 11) is 0. The number of anilines is 1. The SMILES string of the molecule is CCOC(=O)c1ccc(Oc2ccc(C)cc2Br)c(N)c1. The predicted molar refractivity (Wildman–Crippen MR) is 85.8 cm³/mol. The maximum Gasteiger partial charge on any atom is 0.338 e. The van der Waals surface area contributed by atoms with Crippen molar-refractivity contribution in [1.82, 2.24) is 0 Å². The van der Waals surface area contributed by atoms with E-state index in [1.165, 1.54) is 0 Å². The number of carbonyl (C=O) groups is 1. The van der Waals surface area contributed by atoms with Gasteiger partial charge < -0.3 is 15.2 Å². The zero-order valence-corrected chi connectivity index (χ0v) is 13.4. The van der Waals surface area contributed by atoms with E-state index in [0.29, 0.717) is 29.4 Å². The molecule has 4 nitrogen and oxygen atoms in total. The van der Waals surface area contributed by atoms with Crippen LogP contribution in [0.1, 0.15) is 22.8 Å². The minimum absolute atomic E-state index is 0.327. The molecule has 110 valence electrons. The first-order valence-corrected chi connectivity index (χ1v) is 7.31. The van der Waals surface area contributed by atoms with Gasteiger partial charge >= 0.3 is 5.97 Å². The highest BCUT2D eigenvalue weighted by molar-refractivity contribution is 9.10. The van der Waals surface area contributed by atoms with Crippen molar-refractivity contribution in [3.63, 3.8) is 0 Å². The molecule has 2 aromatic rings. The van der Waals surface area contributed by atoms with Gasteiger partial charge in [0.25, 0.3) is 0 Å². The van der Waals surface area contributed by atoms with Crippen LogP contribution in [0, 0.1) is 6.92 Å². The topological polar surface area (TPSA) is 61.5 Å². The van der Waals surface area contributed by atoms with E-state index in [1.54, 1.807) is 25.1 Å². The van der Waals surface area contributed by atoms with Gasteiger partial charge in [-0.25, -0.2) is 4.79 Å². The maximum absolute atomic E-state index is 11.6. The molecular weight excluding hydrogens is 334 g/mol. The average molecular weight is 350 g/mol. The first kappa shape index (κ1) is 15.4. The molecule has 0 aromatic heterocycles. The Morgan fingerprint density at radius 3 is 2.52 bits per heavy atom. The molecule has 0 saturated carbocycles. The largest absolute Gasteiger partial charge is 0.462 e. The number of hydrogen-bond donors (Lipinski definition) is 1. The molecule has 0 aliphatic heterocycles. The summed E-state index contributed by atoms with van der Waals surface area (Å²) in [5.41, 5.74) is 7.85. The fourth-order valence-corrected chi connectivity index (χ4v) is 2.36. The zero-order chi connectivity index (χ0) is 15.4. The molecule has 0 spiro atoms. The molecule has 0 fully saturated rings. The van der Waals surface area contributed by atoms with Crippen LogP contribution >= 0.6 is 15.9 Å². The van der Waals surface area contributed by atoms with Crippen molar-refractivity contribution >= 4 is 27.6 Å². The summed E-state index contributed by atoms with van der Waals surface area (Å²) in [4.78, 5) is 11.6. The van der Waals surface area contributed by atoms with E-state index in [9.17, 15) is 4.79 Å². The van der Waals surface area contributed by atoms with E-state index >= 15 is 0 Å². The minimum atomic E-state index is -0.396. The van der Waals surface area contributed by atoms with E-state index < -0.39 is 5.97 Å². The van der Waals surface area contributed by atoms with Gasteiger partial charge in [0.15, 0.2) is 0 Å². The van der Waals surface area contributed by atoms with Crippen molar-refractivity contribution < 1.29 is 14.3 Å². The van der Waals surface area contributed by atoms with Gasteiger partial charge in [0.05, 0.1) is 22.3 Å². The van der Waals surface area contributed by atoms with Crippen LogP contribution in [0.5, 0.6) is 11.5 Å². The number of aryl methyl sites for hydroxylation is 1. The molecular formula is C16H16BrNO3. The number of esters is 1. The Bertz CT molecular complexity index is 671. The number of ether oxygens (including phenoxy) is 2. The van der Waals surface area contributed by atoms with Crippen LogP contribution in [0.3, 0.4) is 0 Å². The quantitative estimate of drug-likeness (QED) is 0.659. The second-order valence-corrected chi connectivity index (χ2v) is 5.36. The lowest BCUT2D eigenvalue weighted by molar-refractivity contribution is 0.0526. The summed E-state index contributed by atoms with van der Waals surface area (Å²) in [6.07, 6.45) is 0. The molecule has 0 amide bonds. The normalized spacial score (nSPS) is 10.2. The number of benzene rings is 2. The van der Waals surface area contributed by atoms with Gasteiger partial charge in [-0.05, 0) is 65.7 Å². The van der Waals surface area contributed by atoms with Crippen molar-refractivity contribution in [2.24, 2.45) is 0 Å². The van der Waals surface area contributed by atoms with Crippen molar-refractivity contribution in [3.8, 4) is 11.5 Å². The molecule has 0 aliphatic rings. The maximum atomic E-state index is 11.6. The molecule has 2 rings (SSSR count). The number of nitrogen functional groups attached to an aromatic ring is 1. The van der Waals surface area contributed by atoms with E-state index in [0.717, 1.165) is 10.0 Å². The highest BCUT2D eigenvalue weighted by Crippen LogP contribution is 2.33. The van der Waals surface area contributed by atoms with Crippen LogP contribution in [0.15, 0.2) is 40.9 Å². The van der Waals surface area contributed by atoms with Crippen LogP contribution in [-0.2, 0) is 4.74 Å². The summed E-state index contributed by atoms with van der Waals surface area (Å²) in [5.74, 6) is 0.760. The molecule has 0 saturated heterocycles. The van der Waals surface area contributed by atoms with E-state index in [4.69, 9.17) is 15.2 Å². The third kappa shape index (κ3) is 3.76. The molecule has 2 aromatic carbocycles. The van der Waals surface area contributed by atoms with Crippen molar-refractivity contribution in [3.05, 3.63) is 52.0 Å². The Balaban J connectivity index is 2.23. The van der Waals surface area contributed by atoms with Crippen LogP contribution in [0.25, 0.3) is 0 Å². The van der Waals surface area contributed by atoms with Gasteiger partial charge in [0.2, 0.25) is 0 Å². The van der Waals surface area contributed by atoms with Crippen LogP contribution in [-0.4, -0.2) is 12.6 Å². The van der Waals surface area contributed by atoms with Crippen LogP contribution in [0.4, 0.5) is 5.69 Å². The van der Waals surface area contributed by atoms with Crippen molar-refractivity contribution in [2.75, 3.05) is 12.3 Å². The summed E-state index contributed by atoms with van der Waals surface area (Å²) in [6, 6.07) is 10.6. The molecule has 5 heteroatoms. The first-order valence-electron chi connectivity index (χ1n) is 6.52. The second-order valence-electron chi connectivity index (χ2n) is 4.51. The van der Waals surface area contributed by atoms with Gasteiger partial charge in [-0.3, -0.25) is 0 Å². The molecule has 0 unspecified atom stereocenters. The average Bonchev–Trinajstić information content (AvgIpc) is 2.44. The number of halogens is 1. The highest BCUT2D eigenvalue weighted by Gasteiger charge is 2.11. The fourth-order valence-electron chi connectivity index (χ4n) is 1.79.